The van der Waals surface area contributed by atoms with Gasteiger partial charge in [-0.3, -0.25) is 0 Å². The van der Waals surface area contributed by atoms with E-state index in [4.69, 9.17) is 0 Å². The van der Waals surface area contributed by atoms with Crippen LogP contribution in [0.1, 0.15) is 31.6 Å². The Bertz CT molecular complexity index is 292. The Hall–Kier alpha value is 0.620. The molecule has 92 valence electrons. The van der Waals surface area contributed by atoms with Crippen LogP contribution >= 0.6 is 43.2 Å². The van der Waals surface area contributed by atoms with E-state index in [-0.39, 0.29) is 0 Å². The van der Waals surface area contributed by atoms with Gasteiger partial charge in [-0.05, 0) is 76.2 Å². The van der Waals surface area contributed by atoms with Gasteiger partial charge in [0.25, 0.3) is 0 Å². The minimum atomic E-state index is 0.804. The molecule has 1 aromatic rings. The second-order valence-corrected chi connectivity index (χ2v) is 7.43. The molecule has 16 heavy (non-hydrogen) atoms. The Balaban J connectivity index is 2.23. The largest absolute Gasteiger partial charge is 0.317 e. The van der Waals surface area contributed by atoms with Crippen LogP contribution in [0.15, 0.2) is 14.3 Å². The molecule has 4 heteroatoms. The van der Waals surface area contributed by atoms with Crippen molar-refractivity contribution in [3.63, 3.8) is 0 Å². The third kappa shape index (κ3) is 5.30. The number of aryl methyl sites for hydroxylation is 1. The van der Waals surface area contributed by atoms with E-state index in [1.54, 1.807) is 0 Å². The zero-order valence-electron chi connectivity index (χ0n) is 9.85. The Morgan fingerprint density at radius 1 is 1.38 bits per heavy atom. The molecule has 1 heterocycles. The van der Waals surface area contributed by atoms with E-state index in [0.29, 0.717) is 0 Å². The summed E-state index contributed by atoms with van der Waals surface area (Å²) in [5.41, 5.74) is 0. The van der Waals surface area contributed by atoms with Crippen LogP contribution in [0.2, 0.25) is 0 Å². The quantitative estimate of drug-likeness (QED) is 0.679. The summed E-state index contributed by atoms with van der Waals surface area (Å²) in [5, 5.41) is 3.38. The zero-order valence-corrected chi connectivity index (χ0v) is 13.8. The first-order chi connectivity index (χ1) is 7.63. The first-order valence-corrected chi connectivity index (χ1v) is 8.18. The van der Waals surface area contributed by atoms with Crippen molar-refractivity contribution in [3.05, 3.63) is 19.2 Å². The number of rotatable bonds is 7. The van der Waals surface area contributed by atoms with Gasteiger partial charge in [0.15, 0.2) is 0 Å². The molecule has 0 aliphatic carbocycles. The highest BCUT2D eigenvalue weighted by molar-refractivity contribution is 9.13. The molecule has 0 saturated carbocycles. The van der Waals surface area contributed by atoms with Crippen LogP contribution in [-0.4, -0.2) is 13.1 Å². The van der Waals surface area contributed by atoms with Crippen LogP contribution in [0.4, 0.5) is 0 Å². The van der Waals surface area contributed by atoms with Crippen LogP contribution in [-0.2, 0) is 6.42 Å². The topological polar surface area (TPSA) is 12.0 Å². The summed E-state index contributed by atoms with van der Waals surface area (Å²) in [4.78, 5) is 1.47. The Morgan fingerprint density at radius 3 is 2.69 bits per heavy atom. The normalized spacial score (nSPS) is 13.0. The first-order valence-electron chi connectivity index (χ1n) is 5.78. The van der Waals surface area contributed by atoms with Crippen molar-refractivity contribution < 1.29 is 0 Å². The average Bonchev–Trinajstić information content (AvgIpc) is 2.56. The summed E-state index contributed by atoms with van der Waals surface area (Å²) in [5.74, 6) is 0.804. The van der Waals surface area contributed by atoms with Gasteiger partial charge in [-0.15, -0.1) is 11.3 Å². The van der Waals surface area contributed by atoms with E-state index in [1.807, 2.05) is 11.3 Å². The standard InChI is InChI=1S/C12H19Br2NS/c1-3-15-7-6-9(2)4-5-10-8-11(13)12(14)16-10/h8-9,15H,3-7H2,1-2H3. The zero-order chi connectivity index (χ0) is 12.0. The molecular weight excluding hydrogens is 350 g/mol. The van der Waals surface area contributed by atoms with E-state index in [1.165, 1.54) is 32.4 Å². The molecule has 0 amide bonds. The smallest absolute Gasteiger partial charge is 0.0843 e. The number of hydrogen-bond donors (Lipinski definition) is 1. The maximum atomic E-state index is 3.54. The fraction of sp³-hybridized carbons (Fsp3) is 0.667. The predicted octanol–water partition coefficient (Wildman–Crippen LogP) is 4.84. The van der Waals surface area contributed by atoms with E-state index in [2.05, 4.69) is 57.1 Å². The summed E-state index contributed by atoms with van der Waals surface area (Å²) < 4.78 is 2.40. The van der Waals surface area contributed by atoms with Crippen molar-refractivity contribution in [2.24, 2.45) is 5.92 Å². The predicted molar refractivity (Wildman–Crippen MR) is 80.4 cm³/mol. The maximum Gasteiger partial charge on any atom is 0.0843 e. The summed E-state index contributed by atoms with van der Waals surface area (Å²) in [7, 11) is 0. The summed E-state index contributed by atoms with van der Waals surface area (Å²) in [6.07, 6.45) is 3.76. The molecule has 1 unspecified atom stereocenters. The number of thiophene rings is 1. The van der Waals surface area contributed by atoms with Crippen molar-refractivity contribution in [3.8, 4) is 0 Å². The fourth-order valence-electron chi connectivity index (χ4n) is 1.57. The molecule has 0 bridgehead atoms. The lowest BCUT2D eigenvalue weighted by atomic mass is 10.0. The molecule has 0 radical (unpaired) electrons. The summed E-state index contributed by atoms with van der Waals surface area (Å²) in [6.45, 7) is 6.73. The molecule has 1 rings (SSSR count). The third-order valence-electron chi connectivity index (χ3n) is 2.64. The molecule has 0 aliphatic heterocycles. The third-order valence-corrected chi connectivity index (χ3v) is 5.96. The van der Waals surface area contributed by atoms with Gasteiger partial charge in [-0.25, -0.2) is 0 Å². The minimum Gasteiger partial charge on any atom is -0.317 e. The van der Waals surface area contributed by atoms with E-state index in [0.717, 1.165) is 19.0 Å². The molecule has 0 saturated heterocycles. The maximum absolute atomic E-state index is 3.54. The first kappa shape index (κ1) is 14.7. The van der Waals surface area contributed by atoms with E-state index >= 15 is 0 Å². The number of nitrogens with one attached hydrogen (secondary N) is 1. The molecule has 0 aliphatic rings. The number of halogens is 2. The van der Waals surface area contributed by atoms with Gasteiger partial charge in [0.05, 0.1) is 3.79 Å². The SMILES string of the molecule is CCNCCC(C)CCc1cc(Br)c(Br)s1. The second kappa shape index (κ2) is 7.85. The van der Waals surface area contributed by atoms with Crippen molar-refractivity contribution >= 4 is 43.2 Å². The van der Waals surface area contributed by atoms with Gasteiger partial charge in [0.2, 0.25) is 0 Å². The van der Waals surface area contributed by atoms with Crippen LogP contribution in [0.25, 0.3) is 0 Å². The highest BCUT2D eigenvalue weighted by Gasteiger charge is 2.06. The molecule has 0 aromatic carbocycles. The molecule has 1 aromatic heterocycles. The average molecular weight is 369 g/mol. The van der Waals surface area contributed by atoms with Crippen LogP contribution < -0.4 is 5.32 Å². The molecular formula is C12H19Br2NS. The van der Waals surface area contributed by atoms with Crippen molar-refractivity contribution in [1.82, 2.24) is 5.32 Å². The highest BCUT2D eigenvalue weighted by atomic mass is 79.9. The molecule has 0 spiro atoms. The van der Waals surface area contributed by atoms with Gasteiger partial charge in [0.1, 0.15) is 0 Å². The highest BCUT2D eigenvalue weighted by Crippen LogP contribution is 2.33. The van der Waals surface area contributed by atoms with Crippen molar-refractivity contribution in [1.29, 1.82) is 0 Å². The van der Waals surface area contributed by atoms with E-state index in [9.17, 15) is 0 Å². The molecule has 0 fully saturated rings. The lowest BCUT2D eigenvalue weighted by Crippen LogP contribution is -2.16. The van der Waals surface area contributed by atoms with Gasteiger partial charge in [-0.1, -0.05) is 13.8 Å². The van der Waals surface area contributed by atoms with Gasteiger partial charge >= 0.3 is 0 Å². The monoisotopic (exact) mass is 367 g/mol. The minimum absolute atomic E-state index is 0.804. The molecule has 1 N–H and O–H groups in total. The Labute approximate surface area is 119 Å². The van der Waals surface area contributed by atoms with Crippen molar-refractivity contribution in [2.45, 2.75) is 33.1 Å². The van der Waals surface area contributed by atoms with Crippen LogP contribution in [0.3, 0.4) is 0 Å². The second-order valence-electron chi connectivity index (χ2n) is 4.12. The number of hydrogen-bond acceptors (Lipinski definition) is 2. The van der Waals surface area contributed by atoms with Crippen LogP contribution in [0, 0.1) is 5.92 Å². The Morgan fingerprint density at radius 2 is 2.12 bits per heavy atom. The lowest BCUT2D eigenvalue weighted by Gasteiger charge is -2.10. The lowest BCUT2D eigenvalue weighted by molar-refractivity contribution is 0.475. The van der Waals surface area contributed by atoms with E-state index < -0.39 is 0 Å². The van der Waals surface area contributed by atoms with Crippen LogP contribution in [0.5, 0.6) is 0 Å². The molecule has 1 atom stereocenters. The summed E-state index contributed by atoms with van der Waals surface area (Å²) in [6, 6.07) is 2.23. The summed E-state index contributed by atoms with van der Waals surface area (Å²) >= 11 is 8.90. The van der Waals surface area contributed by atoms with Gasteiger partial charge in [-0.2, -0.15) is 0 Å². The Kier molecular flexibility index (Phi) is 7.20. The fourth-order valence-corrected chi connectivity index (χ4v) is 3.77. The molecule has 1 nitrogen and oxygen atoms in total. The van der Waals surface area contributed by atoms with Gasteiger partial charge < -0.3 is 5.32 Å². The van der Waals surface area contributed by atoms with Gasteiger partial charge in [0, 0.05) is 9.35 Å². The van der Waals surface area contributed by atoms with Crippen molar-refractivity contribution in [2.75, 3.05) is 13.1 Å².